The van der Waals surface area contributed by atoms with E-state index in [4.69, 9.17) is 0 Å². The average molecular weight is 278 g/mol. The van der Waals surface area contributed by atoms with E-state index in [2.05, 4.69) is 22.3 Å². The third kappa shape index (κ3) is 2.32. The third-order valence-electron chi connectivity index (χ3n) is 4.83. The van der Waals surface area contributed by atoms with Gasteiger partial charge in [-0.15, -0.1) is 0 Å². The number of hydrogen-bond donors (Lipinski definition) is 2. The van der Waals surface area contributed by atoms with Crippen LogP contribution in [0.5, 0.6) is 0 Å². The summed E-state index contributed by atoms with van der Waals surface area (Å²) in [5.74, 6) is 0.909. The molecule has 2 aliphatic rings. The molecule has 1 heterocycles. The minimum absolute atomic E-state index is 0.0954. The Morgan fingerprint density at radius 2 is 2.30 bits per heavy atom. The Kier molecular flexibility index (Phi) is 3.74. The molecule has 1 aromatic heterocycles. The van der Waals surface area contributed by atoms with Crippen molar-refractivity contribution in [2.75, 3.05) is 0 Å². The molecule has 0 aromatic carbocycles. The maximum Gasteiger partial charge on any atom is 0.308 e. The molecule has 0 aliphatic heterocycles. The second-order valence-electron chi connectivity index (χ2n) is 6.00. The van der Waals surface area contributed by atoms with Crippen molar-refractivity contribution in [1.82, 2.24) is 20.1 Å². The van der Waals surface area contributed by atoms with E-state index in [9.17, 15) is 9.90 Å². The molecule has 2 fully saturated rings. The topological polar surface area (TPSA) is 80.0 Å². The highest BCUT2D eigenvalue weighted by Crippen LogP contribution is 2.48. The predicted molar refractivity (Wildman–Crippen MR) is 72.9 cm³/mol. The maximum absolute atomic E-state index is 11.5. The molecular weight excluding hydrogens is 256 g/mol. The summed E-state index contributed by atoms with van der Waals surface area (Å²) in [6.45, 7) is 3.57. The van der Waals surface area contributed by atoms with Crippen molar-refractivity contribution in [3.63, 3.8) is 0 Å². The van der Waals surface area contributed by atoms with Crippen molar-refractivity contribution >= 4 is 5.97 Å². The van der Waals surface area contributed by atoms with Crippen LogP contribution in [0.15, 0.2) is 6.33 Å². The normalized spacial score (nSPS) is 31.9. The van der Waals surface area contributed by atoms with Gasteiger partial charge in [0.25, 0.3) is 0 Å². The van der Waals surface area contributed by atoms with Gasteiger partial charge in [-0.1, -0.05) is 6.92 Å². The van der Waals surface area contributed by atoms with E-state index in [1.54, 1.807) is 6.33 Å². The number of carboxylic acids is 1. The quantitative estimate of drug-likeness (QED) is 0.819. The van der Waals surface area contributed by atoms with E-state index in [0.717, 1.165) is 38.1 Å². The molecule has 4 unspecified atom stereocenters. The number of aryl methyl sites for hydroxylation is 1. The lowest BCUT2D eigenvalue weighted by Gasteiger charge is -2.28. The van der Waals surface area contributed by atoms with Crippen LogP contribution in [-0.4, -0.2) is 31.9 Å². The molecule has 2 saturated carbocycles. The SMILES string of the molecule is CCCn1ncnc1CNC1C2CCC(C2)C1C(=O)O. The van der Waals surface area contributed by atoms with E-state index in [1.165, 1.54) is 0 Å². The smallest absolute Gasteiger partial charge is 0.308 e. The summed E-state index contributed by atoms with van der Waals surface area (Å²) in [7, 11) is 0. The molecule has 2 N–H and O–H groups in total. The fourth-order valence-electron chi connectivity index (χ4n) is 3.97. The van der Waals surface area contributed by atoms with Crippen molar-refractivity contribution in [2.45, 2.75) is 51.7 Å². The van der Waals surface area contributed by atoms with E-state index >= 15 is 0 Å². The van der Waals surface area contributed by atoms with Crippen LogP contribution in [0, 0.1) is 17.8 Å². The molecule has 20 heavy (non-hydrogen) atoms. The van der Waals surface area contributed by atoms with Crippen molar-refractivity contribution in [1.29, 1.82) is 0 Å². The summed E-state index contributed by atoms with van der Waals surface area (Å²) in [6, 6.07) is 0.0954. The fraction of sp³-hybridized carbons (Fsp3) is 0.786. The Labute approximate surface area is 118 Å². The lowest BCUT2D eigenvalue weighted by molar-refractivity contribution is -0.144. The molecule has 6 nitrogen and oxygen atoms in total. The minimum atomic E-state index is -0.648. The summed E-state index contributed by atoms with van der Waals surface area (Å²) in [5.41, 5.74) is 0. The van der Waals surface area contributed by atoms with Crippen molar-refractivity contribution in [3.8, 4) is 0 Å². The molecule has 0 saturated heterocycles. The molecule has 3 rings (SSSR count). The molecule has 0 spiro atoms. The first-order valence-corrected chi connectivity index (χ1v) is 7.53. The van der Waals surface area contributed by atoms with E-state index < -0.39 is 5.97 Å². The zero-order chi connectivity index (χ0) is 14.1. The summed E-state index contributed by atoms with van der Waals surface area (Å²) in [5, 5.41) is 17.1. The van der Waals surface area contributed by atoms with E-state index in [0.29, 0.717) is 18.4 Å². The first kappa shape index (κ1) is 13.5. The Balaban J connectivity index is 1.65. The molecule has 0 radical (unpaired) electrons. The number of nitrogens with one attached hydrogen (secondary N) is 1. The molecule has 6 heteroatoms. The average Bonchev–Trinajstić information content (AvgIpc) is 3.11. The minimum Gasteiger partial charge on any atom is -0.481 e. The molecule has 110 valence electrons. The van der Waals surface area contributed by atoms with Gasteiger partial charge in [0.15, 0.2) is 0 Å². The number of fused-ring (bicyclic) bond motifs is 2. The lowest BCUT2D eigenvalue weighted by Crippen LogP contribution is -2.44. The van der Waals surface area contributed by atoms with Crippen LogP contribution >= 0.6 is 0 Å². The Bertz CT molecular complexity index is 487. The van der Waals surface area contributed by atoms with Crippen LogP contribution < -0.4 is 5.32 Å². The van der Waals surface area contributed by atoms with Gasteiger partial charge in [0.1, 0.15) is 12.2 Å². The van der Waals surface area contributed by atoms with Crippen LogP contribution in [0.1, 0.15) is 38.4 Å². The first-order chi connectivity index (χ1) is 9.70. The zero-order valence-electron chi connectivity index (χ0n) is 11.8. The molecule has 2 aliphatic carbocycles. The van der Waals surface area contributed by atoms with E-state index in [1.807, 2.05) is 4.68 Å². The van der Waals surface area contributed by atoms with Gasteiger partial charge in [-0.05, 0) is 37.5 Å². The fourth-order valence-corrected chi connectivity index (χ4v) is 3.97. The highest BCUT2D eigenvalue weighted by Gasteiger charge is 2.50. The van der Waals surface area contributed by atoms with Crippen LogP contribution in [0.25, 0.3) is 0 Å². The van der Waals surface area contributed by atoms with Gasteiger partial charge in [0.2, 0.25) is 0 Å². The number of aliphatic carboxylic acids is 1. The number of hydrogen-bond acceptors (Lipinski definition) is 4. The summed E-state index contributed by atoms with van der Waals surface area (Å²) < 4.78 is 1.90. The number of rotatable bonds is 6. The Morgan fingerprint density at radius 3 is 3.05 bits per heavy atom. The number of nitrogens with zero attached hydrogens (tertiary/aromatic N) is 3. The zero-order valence-corrected chi connectivity index (χ0v) is 11.8. The summed E-state index contributed by atoms with van der Waals surface area (Å²) in [4.78, 5) is 15.7. The maximum atomic E-state index is 11.5. The van der Waals surface area contributed by atoms with Crippen LogP contribution in [-0.2, 0) is 17.9 Å². The lowest BCUT2D eigenvalue weighted by atomic mass is 9.84. The van der Waals surface area contributed by atoms with Crippen molar-refractivity contribution in [3.05, 3.63) is 12.2 Å². The predicted octanol–water partition coefficient (Wildman–Crippen LogP) is 1.28. The van der Waals surface area contributed by atoms with Gasteiger partial charge < -0.3 is 10.4 Å². The van der Waals surface area contributed by atoms with Gasteiger partial charge in [0, 0.05) is 12.6 Å². The highest BCUT2D eigenvalue weighted by atomic mass is 16.4. The molecular formula is C14H22N4O2. The van der Waals surface area contributed by atoms with Crippen molar-refractivity contribution in [2.24, 2.45) is 17.8 Å². The number of carboxylic acid groups (broad SMARTS) is 1. The Hall–Kier alpha value is -1.43. The van der Waals surface area contributed by atoms with Gasteiger partial charge in [-0.3, -0.25) is 4.79 Å². The molecule has 2 bridgehead atoms. The van der Waals surface area contributed by atoms with Gasteiger partial charge >= 0.3 is 5.97 Å². The first-order valence-electron chi connectivity index (χ1n) is 7.53. The monoisotopic (exact) mass is 278 g/mol. The van der Waals surface area contributed by atoms with Crippen LogP contribution in [0.2, 0.25) is 0 Å². The highest BCUT2D eigenvalue weighted by molar-refractivity contribution is 5.72. The van der Waals surface area contributed by atoms with E-state index in [-0.39, 0.29) is 12.0 Å². The third-order valence-corrected chi connectivity index (χ3v) is 4.83. The molecule has 0 amide bonds. The van der Waals surface area contributed by atoms with Gasteiger partial charge in [0.05, 0.1) is 12.5 Å². The van der Waals surface area contributed by atoms with Crippen LogP contribution in [0.4, 0.5) is 0 Å². The largest absolute Gasteiger partial charge is 0.481 e. The Morgan fingerprint density at radius 1 is 1.50 bits per heavy atom. The van der Waals surface area contributed by atoms with Gasteiger partial charge in [-0.2, -0.15) is 5.10 Å². The number of aromatic nitrogens is 3. The van der Waals surface area contributed by atoms with Gasteiger partial charge in [-0.25, -0.2) is 9.67 Å². The molecule has 4 atom stereocenters. The standard InChI is InChI=1S/C14H22N4O2/c1-2-5-18-11(16-8-17-18)7-15-13-10-4-3-9(6-10)12(13)14(19)20/h8-10,12-13,15H,2-7H2,1H3,(H,19,20). The second kappa shape index (κ2) is 5.52. The second-order valence-corrected chi connectivity index (χ2v) is 6.00. The van der Waals surface area contributed by atoms with Crippen molar-refractivity contribution < 1.29 is 9.90 Å². The number of carbonyl (C=O) groups is 1. The van der Waals surface area contributed by atoms with Crippen LogP contribution in [0.3, 0.4) is 0 Å². The summed E-state index contributed by atoms with van der Waals surface area (Å²) in [6.07, 6.45) is 5.89. The molecule has 1 aromatic rings. The summed E-state index contributed by atoms with van der Waals surface area (Å²) >= 11 is 0.